The lowest BCUT2D eigenvalue weighted by Crippen LogP contribution is -2.26. The largest absolute Gasteiger partial charge is 0.345 e. The summed E-state index contributed by atoms with van der Waals surface area (Å²) in [5.41, 5.74) is 5.58. The van der Waals surface area contributed by atoms with E-state index in [0.717, 1.165) is 27.8 Å². The molecule has 0 aliphatic heterocycles. The van der Waals surface area contributed by atoms with Gasteiger partial charge in [0.2, 0.25) is 0 Å². The number of nitrogens with one attached hydrogen (secondary N) is 1. The van der Waals surface area contributed by atoms with Gasteiger partial charge in [0.1, 0.15) is 0 Å². The minimum absolute atomic E-state index is 0.0310. The van der Waals surface area contributed by atoms with Crippen molar-refractivity contribution in [2.24, 2.45) is 0 Å². The Morgan fingerprint density at radius 1 is 1.10 bits per heavy atom. The molecular weight excluding hydrogens is 262 g/mol. The van der Waals surface area contributed by atoms with Crippen molar-refractivity contribution in [3.8, 4) is 0 Å². The van der Waals surface area contributed by atoms with Gasteiger partial charge in [-0.2, -0.15) is 0 Å². The molecule has 0 radical (unpaired) electrons. The zero-order valence-corrected chi connectivity index (χ0v) is 12.3. The van der Waals surface area contributed by atoms with Crippen LogP contribution in [0.1, 0.15) is 21.5 Å². The Labute approximate surface area is 123 Å². The zero-order valence-electron chi connectivity index (χ0n) is 12.3. The highest BCUT2D eigenvalue weighted by Crippen LogP contribution is 2.20. The molecule has 1 heterocycles. The van der Waals surface area contributed by atoms with Crippen molar-refractivity contribution in [3.63, 3.8) is 0 Å². The molecule has 0 spiro atoms. The Morgan fingerprint density at radius 2 is 1.81 bits per heavy atom. The smallest absolute Gasteiger partial charge is 0.258 e. The Morgan fingerprint density at radius 3 is 2.52 bits per heavy atom. The van der Waals surface area contributed by atoms with E-state index in [1.165, 1.54) is 0 Å². The van der Waals surface area contributed by atoms with E-state index in [-0.39, 0.29) is 5.91 Å². The number of amides is 1. The third-order valence-corrected chi connectivity index (χ3v) is 3.57. The van der Waals surface area contributed by atoms with Crippen LogP contribution in [0.5, 0.6) is 0 Å². The van der Waals surface area contributed by atoms with E-state index < -0.39 is 0 Å². The number of hydrogen-bond acceptors (Lipinski definition) is 2. The monoisotopic (exact) mass is 279 g/mol. The van der Waals surface area contributed by atoms with Crippen LogP contribution in [0, 0.1) is 13.8 Å². The molecule has 0 saturated heterocycles. The maximum atomic E-state index is 12.6. The molecule has 3 aromatic rings. The number of carbonyl (C=O) groups is 1. The number of aromatic amines is 1. The molecular formula is C17H17N3O. The van der Waals surface area contributed by atoms with Crippen LogP contribution in [0.2, 0.25) is 0 Å². The SMILES string of the molecule is Cc1cc(C)cc(N(C)C(=O)c2ccc3nc[nH]c3c2)c1. The van der Waals surface area contributed by atoms with E-state index in [9.17, 15) is 4.79 Å². The second kappa shape index (κ2) is 5.05. The van der Waals surface area contributed by atoms with Crippen molar-refractivity contribution in [1.82, 2.24) is 9.97 Å². The molecule has 1 N–H and O–H groups in total. The Balaban J connectivity index is 1.96. The number of imidazole rings is 1. The highest BCUT2D eigenvalue weighted by atomic mass is 16.2. The van der Waals surface area contributed by atoms with Gasteiger partial charge in [0, 0.05) is 18.3 Å². The van der Waals surface area contributed by atoms with Crippen LogP contribution in [-0.2, 0) is 0 Å². The van der Waals surface area contributed by atoms with Gasteiger partial charge in [0.05, 0.1) is 17.4 Å². The van der Waals surface area contributed by atoms with Crippen molar-refractivity contribution in [2.75, 3.05) is 11.9 Å². The molecule has 1 aromatic heterocycles. The molecule has 0 atom stereocenters. The first-order valence-corrected chi connectivity index (χ1v) is 6.84. The molecule has 106 valence electrons. The average molecular weight is 279 g/mol. The number of carbonyl (C=O) groups excluding carboxylic acids is 1. The first-order valence-electron chi connectivity index (χ1n) is 6.84. The number of rotatable bonds is 2. The molecule has 0 aliphatic rings. The molecule has 2 aromatic carbocycles. The molecule has 4 heteroatoms. The molecule has 0 bridgehead atoms. The lowest BCUT2D eigenvalue weighted by molar-refractivity contribution is 0.0993. The fourth-order valence-corrected chi connectivity index (χ4v) is 2.52. The molecule has 1 amide bonds. The molecule has 4 nitrogen and oxygen atoms in total. The number of nitrogens with zero attached hydrogens (tertiary/aromatic N) is 2. The maximum absolute atomic E-state index is 12.6. The predicted molar refractivity (Wildman–Crippen MR) is 84.7 cm³/mol. The van der Waals surface area contributed by atoms with Gasteiger partial charge in [-0.15, -0.1) is 0 Å². The van der Waals surface area contributed by atoms with E-state index >= 15 is 0 Å². The summed E-state index contributed by atoms with van der Waals surface area (Å²) in [5, 5.41) is 0. The lowest BCUT2D eigenvalue weighted by atomic mass is 10.1. The van der Waals surface area contributed by atoms with Gasteiger partial charge in [0.25, 0.3) is 5.91 Å². The Bertz CT molecular complexity index is 800. The van der Waals surface area contributed by atoms with E-state index in [1.54, 1.807) is 18.3 Å². The molecule has 0 saturated carbocycles. The Kier molecular flexibility index (Phi) is 3.22. The van der Waals surface area contributed by atoms with E-state index in [0.29, 0.717) is 5.56 Å². The van der Waals surface area contributed by atoms with Crippen LogP contribution in [0.4, 0.5) is 5.69 Å². The fourth-order valence-electron chi connectivity index (χ4n) is 2.52. The maximum Gasteiger partial charge on any atom is 0.258 e. The highest BCUT2D eigenvalue weighted by molar-refractivity contribution is 6.07. The number of benzene rings is 2. The van der Waals surface area contributed by atoms with Crippen molar-refractivity contribution in [1.29, 1.82) is 0 Å². The normalized spacial score (nSPS) is 10.8. The number of hydrogen-bond donors (Lipinski definition) is 1. The summed E-state index contributed by atoms with van der Waals surface area (Å²) in [6, 6.07) is 11.6. The van der Waals surface area contributed by atoms with Crippen molar-refractivity contribution < 1.29 is 4.79 Å². The number of aryl methyl sites for hydroxylation is 2. The van der Waals surface area contributed by atoms with Gasteiger partial charge in [-0.3, -0.25) is 4.79 Å². The topological polar surface area (TPSA) is 49.0 Å². The lowest BCUT2D eigenvalue weighted by Gasteiger charge is -2.18. The molecule has 21 heavy (non-hydrogen) atoms. The van der Waals surface area contributed by atoms with Crippen molar-refractivity contribution in [3.05, 3.63) is 59.4 Å². The van der Waals surface area contributed by atoms with Gasteiger partial charge in [0.15, 0.2) is 0 Å². The number of H-pyrrole nitrogens is 1. The molecule has 0 fully saturated rings. The van der Waals surface area contributed by atoms with Crippen LogP contribution in [-0.4, -0.2) is 22.9 Å². The number of fused-ring (bicyclic) bond motifs is 1. The summed E-state index contributed by atoms with van der Waals surface area (Å²) in [4.78, 5) is 21.5. The summed E-state index contributed by atoms with van der Waals surface area (Å²) in [6.07, 6.45) is 1.63. The van der Waals surface area contributed by atoms with Crippen LogP contribution in [0.3, 0.4) is 0 Å². The van der Waals surface area contributed by atoms with Gasteiger partial charge < -0.3 is 9.88 Å². The van der Waals surface area contributed by atoms with Gasteiger partial charge in [-0.25, -0.2) is 4.98 Å². The standard InChI is InChI=1S/C17H17N3O/c1-11-6-12(2)8-14(7-11)20(3)17(21)13-4-5-15-16(9-13)19-10-18-15/h4-10H,1-3H3,(H,18,19). The Hall–Kier alpha value is -2.62. The van der Waals surface area contributed by atoms with E-state index in [2.05, 4.69) is 16.0 Å². The minimum Gasteiger partial charge on any atom is -0.345 e. The third kappa shape index (κ3) is 2.52. The number of anilines is 1. The van der Waals surface area contributed by atoms with E-state index in [4.69, 9.17) is 0 Å². The summed E-state index contributed by atoms with van der Waals surface area (Å²) >= 11 is 0. The van der Waals surface area contributed by atoms with Gasteiger partial charge in [-0.1, -0.05) is 6.07 Å². The average Bonchev–Trinajstić information content (AvgIpc) is 2.92. The second-order valence-corrected chi connectivity index (χ2v) is 5.34. The first-order chi connectivity index (χ1) is 10.0. The summed E-state index contributed by atoms with van der Waals surface area (Å²) in [6.45, 7) is 4.07. The summed E-state index contributed by atoms with van der Waals surface area (Å²) < 4.78 is 0. The third-order valence-electron chi connectivity index (χ3n) is 3.57. The predicted octanol–water partition coefficient (Wildman–Crippen LogP) is 3.46. The van der Waals surface area contributed by atoms with Crippen molar-refractivity contribution in [2.45, 2.75) is 13.8 Å². The van der Waals surface area contributed by atoms with Crippen LogP contribution >= 0.6 is 0 Å². The highest BCUT2D eigenvalue weighted by Gasteiger charge is 2.14. The molecule has 0 unspecified atom stereocenters. The zero-order chi connectivity index (χ0) is 15.0. The van der Waals surface area contributed by atoms with Gasteiger partial charge >= 0.3 is 0 Å². The first kappa shape index (κ1) is 13.4. The second-order valence-electron chi connectivity index (χ2n) is 5.34. The molecule has 0 aliphatic carbocycles. The summed E-state index contributed by atoms with van der Waals surface area (Å²) in [5.74, 6) is -0.0310. The van der Waals surface area contributed by atoms with Crippen molar-refractivity contribution >= 4 is 22.6 Å². The van der Waals surface area contributed by atoms with Gasteiger partial charge in [-0.05, 0) is 55.3 Å². The van der Waals surface area contributed by atoms with Crippen LogP contribution < -0.4 is 4.90 Å². The van der Waals surface area contributed by atoms with E-state index in [1.807, 2.05) is 44.2 Å². The quantitative estimate of drug-likeness (QED) is 0.781. The minimum atomic E-state index is -0.0310. The van der Waals surface area contributed by atoms with Crippen LogP contribution in [0.25, 0.3) is 11.0 Å². The number of aromatic nitrogens is 2. The molecule has 3 rings (SSSR count). The van der Waals surface area contributed by atoms with Crippen LogP contribution in [0.15, 0.2) is 42.7 Å². The summed E-state index contributed by atoms with van der Waals surface area (Å²) in [7, 11) is 1.80. The fraction of sp³-hybridized carbons (Fsp3) is 0.176.